The zero-order chi connectivity index (χ0) is 24.5. The summed E-state index contributed by atoms with van der Waals surface area (Å²) in [6, 6.07) is 23.3. The molecule has 35 heavy (non-hydrogen) atoms. The number of anilines is 1. The van der Waals surface area contributed by atoms with Crippen molar-refractivity contribution in [1.82, 2.24) is 4.98 Å². The van der Waals surface area contributed by atoms with Gasteiger partial charge in [-0.1, -0.05) is 66.2 Å². The van der Waals surface area contributed by atoms with E-state index in [0.717, 1.165) is 43.4 Å². The van der Waals surface area contributed by atoms with Gasteiger partial charge in [-0.05, 0) is 38.5 Å². The van der Waals surface area contributed by atoms with Crippen molar-refractivity contribution in [2.24, 2.45) is 0 Å². The highest BCUT2D eigenvalue weighted by Crippen LogP contribution is 2.37. The summed E-state index contributed by atoms with van der Waals surface area (Å²) < 4.78 is 6.21. The maximum Gasteiger partial charge on any atom is 0.341 e. The molecule has 1 amide bonds. The molecular weight excluding hydrogens is 456 g/mol. The molecule has 5 aromatic rings. The maximum absolute atomic E-state index is 13.8. The molecule has 2 aromatic heterocycles. The predicted molar refractivity (Wildman–Crippen MR) is 142 cm³/mol. The Bertz CT molecular complexity index is 1590. The normalized spacial score (nSPS) is 11.1. The van der Waals surface area contributed by atoms with Crippen molar-refractivity contribution in [2.75, 3.05) is 11.9 Å². The van der Waals surface area contributed by atoms with Crippen molar-refractivity contribution >= 4 is 49.2 Å². The first kappa shape index (κ1) is 22.7. The van der Waals surface area contributed by atoms with Gasteiger partial charge in [0, 0.05) is 21.0 Å². The molecule has 0 radical (unpaired) electrons. The molecular formula is C29H24N2O3S. The van der Waals surface area contributed by atoms with Crippen LogP contribution in [0.5, 0.6) is 0 Å². The number of nitrogens with one attached hydrogen (secondary N) is 1. The molecule has 174 valence electrons. The third-order valence-electron chi connectivity index (χ3n) is 5.99. The largest absolute Gasteiger partial charge is 0.462 e. The number of aromatic nitrogens is 1. The first-order valence-corrected chi connectivity index (χ1v) is 12.3. The average Bonchev–Trinajstić information content (AvgIpc) is 3.22. The second-order valence-corrected chi connectivity index (χ2v) is 9.37. The first-order valence-electron chi connectivity index (χ1n) is 11.4. The van der Waals surface area contributed by atoms with Gasteiger partial charge < -0.3 is 10.1 Å². The minimum Gasteiger partial charge on any atom is -0.462 e. The lowest BCUT2D eigenvalue weighted by Gasteiger charge is -2.15. The van der Waals surface area contributed by atoms with Crippen LogP contribution in [0.1, 0.15) is 38.8 Å². The zero-order valence-corrected chi connectivity index (χ0v) is 20.5. The number of carbonyl (C=O) groups excluding carboxylic acids is 2. The van der Waals surface area contributed by atoms with E-state index in [4.69, 9.17) is 9.72 Å². The van der Waals surface area contributed by atoms with Crippen molar-refractivity contribution in [2.45, 2.75) is 20.8 Å². The second-order valence-electron chi connectivity index (χ2n) is 8.32. The Labute approximate surface area is 207 Å². The highest BCUT2D eigenvalue weighted by molar-refractivity contribution is 7.23. The van der Waals surface area contributed by atoms with E-state index in [1.807, 2.05) is 86.6 Å². The standard InChI is InChI=1S/C29H24N2O3S/c1-4-34-29(33)25-21-10-6-8-12-23(21)35-28(25)31-27(32)24-18(3)26(19-15-13-17(2)14-16-19)30-22-11-7-5-9-20(22)24/h5-16H,4H2,1-3H3,(H,31,32). The number of pyridine rings is 1. The minimum atomic E-state index is -0.447. The van der Waals surface area contributed by atoms with E-state index >= 15 is 0 Å². The third-order valence-corrected chi connectivity index (χ3v) is 7.08. The molecule has 0 atom stereocenters. The highest BCUT2D eigenvalue weighted by Gasteiger charge is 2.24. The number of hydrogen-bond donors (Lipinski definition) is 1. The number of carbonyl (C=O) groups is 2. The van der Waals surface area contributed by atoms with E-state index in [0.29, 0.717) is 16.1 Å². The van der Waals surface area contributed by atoms with Gasteiger partial charge in [-0.25, -0.2) is 9.78 Å². The summed E-state index contributed by atoms with van der Waals surface area (Å²) in [5.74, 6) is -0.733. The van der Waals surface area contributed by atoms with E-state index in [1.165, 1.54) is 11.3 Å². The minimum absolute atomic E-state index is 0.254. The summed E-state index contributed by atoms with van der Waals surface area (Å²) in [6.07, 6.45) is 0. The van der Waals surface area contributed by atoms with E-state index in [1.54, 1.807) is 6.92 Å². The van der Waals surface area contributed by atoms with Crippen LogP contribution in [0.3, 0.4) is 0 Å². The number of benzene rings is 3. The van der Waals surface area contributed by atoms with Crippen LogP contribution in [-0.2, 0) is 4.74 Å². The van der Waals surface area contributed by atoms with Gasteiger partial charge in [0.2, 0.25) is 0 Å². The fourth-order valence-corrected chi connectivity index (χ4v) is 5.38. The fourth-order valence-electron chi connectivity index (χ4n) is 4.30. The van der Waals surface area contributed by atoms with Crippen LogP contribution in [0.25, 0.3) is 32.2 Å². The highest BCUT2D eigenvalue weighted by atomic mass is 32.1. The van der Waals surface area contributed by atoms with E-state index in [2.05, 4.69) is 5.32 Å². The van der Waals surface area contributed by atoms with E-state index in [-0.39, 0.29) is 12.5 Å². The van der Waals surface area contributed by atoms with Crippen molar-refractivity contribution in [3.63, 3.8) is 0 Å². The number of ether oxygens (including phenoxy) is 1. The van der Waals surface area contributed by atoms with Gasteiger partial charge >= 0.3 is 5.97 Å². The quantitative estimate of drug-likeness (QED) is 0.271. The van der Waals surface area contributed by atoms with Crippen LogP contribution in [0.2, 0.25) is 0 Å². The maximum atomic E-state index is 13.8. The Hall–Kier alpha value is -4.03. The van der Waals surface area contributed by atoms with E-state index in [9.17, 15) is 9.59 Å². The lowest BCUT2D eigenvalue weighted by molar-refractivity contribution is 0.0530. The van der Waals surface area contributed by atoms with Crippen LogP contribution in [0.15, 0.2) is 72.8 Å². The van der Waals surface area contributed by atoms with Crippen molar-refractivity contribution in [3.8, 4) is 11.3 Å². The summed E-state index contributed by atoms with van der Waals surface area (Å²) in [7, 11) is 0. The molecule has 0 aliphatic rings. The van der Waals surface area contributed by atoms with Gasteiger partial charge in [0.05, 0.1) is 23.4 Å². The molecule has 0 aliphatic carbocycles. The van der Waals surface area contributed by atoms with Gasteiger partial charge in [0.25, 0.3) is 5.91 Å². The monoisotopic (exact) mass is 480 g/mol. The summed E-state index contributed by atoms with van der Waals surface area (Å²) in [4.78, 5) is 31.5. The van der Waals surface area contributed by atoms with Crippen molar-refractivity contribution < 1.29 is 14.3 Å². The molecule has 3 aromatic carbocycles. The molecule has 6 heteroatoms. The van der Waals surface area contributed by atoms with Crippen LogP contribution in [0.4, 0.5) is 5.00 Å². The number of amides is 1. The molecule has 2 heterocycles. The Balaban J connectivity index is 1.65. The van der Waals surface area contributed by atoms with E-state index < -0.39 is 5.97 Å². The number of rotatable bonds is 5. The van der Waals surface area contributed by atoms with Gasteiger partial charge in [0.1, 0.15) is 10.6 Å². The molecule has 5 rings (SSSR count). The molecule has 0 unspecified atom stereocenters. The first-order chi connectivity index (χ1) is 17.0. The number of thiophene rings is 1. The molecule has 0 spiro atoms. The Morgan fingerprint density at radius 3 is 2.31 bits per heavy atom. The number of fused-ring (bicyclic) bond motifs is 2. The van der Waals surface area contributed by atoms with Gasteiger partial charge in [0.15, 0.2) is 0 Å². The molecule has 0 fully saturated rings. The van der Waals surface area contributed by atoms with Crippen molar-refractivity contribution in [3.05, 3.63) is 95.1 Å². The number of hydrogen-bond acceptors (Lipinski definition) is 5. The summed E-state index contributed by atoms with van der Waals surface area (Å²) in [5, 5.41) is 5.03. The lowest BCUT2D eigenvalue weighted by Crippen LogP contribution is -2.17. The summed E-state index contributed by atoms with van der Waals surface area (Å²) >= 11 is 1.37. The van der Waals surface area contributed by atoms with Gasteiger partial charge in [-0.15, -0.1) is 11.3 Å². The topological polar surface area (TPSA) is 68.3 Å². The molecule has 0 saturated heterocycles. The zero-order valence-electron chi connectivity index (χ0n) is 19.7. The van der Waals surface area contributed by atoms with Crippen LogP contribution < -0.4 is 5.32 Å². The molecule has 0 saturated carbocycles. The summed E-state index contributed by atoms with van der Waals surface area (Å²) in [5.41, 5.74) is 5.30. The number of esters is 1. The number of nitrogens with zero attached hydrogens (tertiary/aromatic N) is 1. The molecule has 1 N–H and O–H groups in total. The lowest BCUT2D eigenvalue weighted by atomic mass is 9.96. The van der Waals surface area contributed by atoms with Gasteiger partial charge in [-0.3, -0.25) is 4.79 Å². The molecule has 5 nitrogen and oxygen atoms in total. The SMILES string of the molecule is CCOC(=O)c1c(NC(=O)c2c(C)c(-c3ccc(C)cc3)nc3ccccc23)sc2ccccc12. The third kappa shape index (κ3) is 4.17. The summed E-state index contributed by atoms with van der Waals surface area (Å²) in [6.45, 7) is 5.98. The van der Waals surface area contributed by atoms with Crippen LogP contribution in [0, 0.1) is 13.8 Å². The van der Waals surface area contributed by atoms with Crippen molar-refractivity contribution in [1.29, 1.82) is 0 Å². The smallest absolute Gasteiger partial charge is 0.341 e. The Kier molecular flexibility index (Phi) is 6.05. The number of aryl methyl sites for hydroxylation is 1. The van der Waals surface area contributed by atoms with Crippen LogP contribution >= 0.6 is 11.3 Å². The van der Waals surface area contributed by atoms with Gasteiger partial charge in [-0.2, -0.15) is 0 Å². The average molecular weight is 481 g/mol. The Morgan fingerprint density at radius 2 is 1.57 bits per heavy atom. The molecule has 0 aliphatic heterocycles. The molecule has 0 bridgehead atoms. The second kappa shape index (κ2) is 9.31. The fraction of sp³-hybridized carbons (Fsp3) is 0.138. The predicted octanol–water partition coefficient (Wildman–Crippen LogP) is 7.16. The van der Waals surface area contributed by atoms with Crippen LogP contribution in [-0.4, -0.2) is 23.5 Å². The number of para-hydroxylation sites is 1. The Morgan fingerprint density at radius 1 is 0.886 bits per heavy atom.